The SMILES string of the molecule is CCO/N=C/c1ccc2c(c1)C1(COC(N)=N1)C1(CCC(OC)CC1)C2. The molecular weight excluding hydrogens is 330 g/mol. The summed E-state index contributed by atoms with van der Waals surface area (Å²) in [6, 6.07) is 6.78. The third kappa shape index (κ3) is 2.58. The molecule has 0 amide bonds. The smallest absolute Gasteiger partial charge is 0.283 e. The van der Waals surface area contributed by atoms with E-state index in [1.165, 1.54) is 11.1 Å². The van der Waals surface area contributed by atoms with Gasteiger partial charge in [-0.05, 0) is 61.8 Å². The first kappa shape index (κ1) is 17.3. The third-order valence-electron chi connectivity index (χ3n) is 6.34. The van der Waals surface area contributed by atoms with Crippen molar-refractivity contribution in [2.75, 3.05) is 20.3 Å². The molecule has 6 heteroatoms. The standard InChI is InChI=1S/C20H27N3O3/c1-3-26-22-12-14-4-5-15-11-19(8-6-16(24-2)7-9-19)20(17(15)10-14)13-25-18(21)23-20/h4-5,10,12,16H,3,6-9,11,13H2,1-2H3,(H2,21,23)/b22-12+. The molecule has 1 fully saturated rings. The van der Waals surface area contributed by atoms with Crippen LogP contribution in [0.3, 0.4) is 0 Å². The Kier molecular flexibility index (Phi) is 4.39. The van der Waals surface area contributed by atoms with Gasteiger partial charge < -0.3 is 20.0 Å². The van der Waals surface area contributed by atoms with Crippen LogP contribution in [0, 0.1) is 5.41 Å². The van der Waals surface area contributed by atoms with Crippen LogP contribution in [0.2, 0.25) is 0 Å². The van der Waals surface area contributed by atoms with Crippen molar-refractivity contribution < 1.29 is 14.3 Å². The largest absolute Gasteiger partial charge is 0.462 e. The first-order valence-electron chi connectivity index (χ1n) is 9.42. The van der Waals surface area contributed by atoms with Crippen molar-refractivity contribution in [1.29, 1.82) is 0 Å². The molecule has 0 saturated heterocycles. The lowest BCUT2D eigenvalue weighted by Gasteiger charge is -2.45. The highest BCUT2D eigenvalue weighted by molar-refractivity contribution is 5.81. The van der Waals surface area contributed by atoms with E-state index in [9.17, 15) is 0 Å². The van der Waals surface area contributed by atoms with E-state index in [1.807, 2.05) is 6.92 Å². The van der Waals surface area contributed by atoms with Gasteiger partial charge in [-0.2, -0.15) is 0 Å². The molecule has 1 aliphatic heterocycles. The number of hydrogen-bond acceptors (Lipinski definition) is 6. The van der Waals surface area contributed by atoms with Crippen molar-refractivity contribution in [3.63, 3.8) is 0 Å². The van der Waals surface area contributed by atoms with E-state index in [-0.39, 0.29) is 11.0 Å². The first-order valence-corrected chi connectivity index (χ1v) is 9.42. The second-order valence-electron chi connectivity index (χ2n) is 7.56. The monoisotopic (exact) mass is 357 g/mol. The fraction of sp³-hybridized carbons (Fsp3) is 0.600. The van der Waals surface area contributed by atoms with Gasteiger partial charge in [0.1, 0.15) is 18.8 Å². The fourth-order valence-electron chi connectivity index (χ4n) is 4.99. The lowest BCUT2D eigenvalue weighted by Crippen LogP contribution is -2.46. The molecule has 1 aromatic carbocycles. The number of hydrogen-bond donors (Lipinski definition) is 1. The van der Waals surface area contributed by atoms with E-state index in [0.717, 1.165) is 37.7 Å². The summed E-state index contributed by atoms with van der Waals surface area (Å²) in [4.78, 5) is 9.99. The van der Waals surface area contributed by atoms with Gasteiger partial charge in [0.15, 0.2) is 0 Å². The van der Waals surface area contributed by atoms with Gasteiger partial charge in [0.05, 0.1) is 12.3 Å². The predicted octanol–water partition coefficient (Wildman–Crippen LogP) is 2.73. The number of rotatable bonds is 4. The Labute approximate surface area is 154 Å². The molecule has 2 N–H and O–H groups in total. The minimum absolute atomic E-state index is 0.0567. The summed E-state index contributed by atoms with van der Waals surface area (Å²) in [6.45, 7) is 3.00. The van der Waals surface area contributed by atoms with E-state index < -0.39 is 0 Å². The molecule has 1 aromatic rings. The number of fused-ring (bicyclic) bond motifs is 3. The summed E-state index contributed by atoms with van der Waals surface area (Å²) in [5, 5.41) is 4.01. The molecule has 1 unspecified atom stereocenters. The average molecular weight is 357 g/mol. The minimum Gasteiger partial charge on any atom is -0.462 e. The Bertz CT molecular complexity index is 738. The molecule has 1 heterocycles. The van der Waals surface area contributed by atoms with Crippen LogP contribution in [0.25, 0.3) is 0 Å². The van der Waals surface area contributed by atoms with Crippen LogP contribution in [-0.4, -0.2) is 38.7 Å². The summed E-state index contributed by atoms with van der Waals surface area (Å²) >= 11 is 0. The van der Waals surface area contributed by atoms with Crippen molar-refractivity contribution >= 4 is 12.2 Å². The van der Waals surface area contributed by atoms with E-state index in [2.05, 4.69) is 23.4 Å². The number of oxime groups is 1. The van der Waals surface area contributed by atoms with Crippen LogP contribution in [0.1, 0.15) is 49.3 Å². The second kappa shape index (κ2) is 6.58. The summed E-state index contributed by atoms with van der Waals surface area (Å²) in [5.74, 6) is 0. The molecular formula is C20H27N3O3. The van der Waals surface area contributed by atoms with E-state index in [1.54, 1.807) is 13.3 Å². The summed E-state index contributed by atoms with van der Waals surface area (Å²) < 4.78 is 11.3. The van der Waals surface area contributed by atoms with Gasteiger partial charge in [0.25, 0.3) is 6.02 Å². The summed E-state index contributed by atoms with van der Waals surface area (Å²) in [5.41, 5.74) is 9.24. The molecule has 1 atom stereocenters. The molecule has 4 rings (SSSR count). The lowest BCUT2D eigenvalue weighted by atomic mass is 9.62. The number of ether oxygens (including phenoxy) is 2. The molecule has 2 aliphatic carbocycles. The molecule has 26 heavy (non-hydrogen) atoms. The summed E-state index contributed by atoms with van der Waals surface area (Å²) in [7, 11) is 1.81. The van der Waals surface area contributed by atoms with E-state index >= 15 is 0 Å². The Morgan fingerprint density at radius 2 is 2.19 bits per heavy atom. The Morgan fingerprint density at radius 3 is 2.85 bits per heavy atom. The zero-order chi connectivity index (χ0) is 18.2. The zero-order valence-corrected chi connectivity index (χ0v) is 15.5. The average Bonchev–Trinajstić information content (AvgIpc) is 3.17. The van der Waals surface area contributed by atoms with Gasteiger partial charge in [-0.15, -0.1) is 0 Å². The van der Waals surface area contributed by atoms with Crippen molar-refractivity contribution in [2.24, 2.45) is 21.3 Å². The second-order valence-corrected chi connectivity index (χ2v) is 7.56. The highest BCUT2D eigenvalue weighted by Crippen LogP contribution is 2.61. The van der Waals surface area contributed by atoms with Crippen LogP contribution in [-0.2, 0) is 26.3 Å². The van der Waals surface area contributed by atoms with E-state index in [4.69, 9.17) is 25.0 Å². The number of benzene rings is 1. The number of nitrogens with zero attached hydrogens (tertiary/aromatic N) is 2. The van der Waals surface area contributed by atoms with Gasteiger partial charge in [0, 0.05) is 12.5 Å². The van der Waals surface area contributed by atoms with E-state index in [0.29, 0.717) is 25.3 Å². The van der Waals surface area contributed by atoms with Crippen LogP contribution >= 0.6 is 0 Å². The molecule has 1 saturated carbocycles. The highest BCUT2D eigenvalue weighted by atomic mass is 16.6. The minimum atomic E-state index is -0.388. The quantitative estimate of drug-likeness (QED) is 0.664. The van der Waals surface area contributed by atoms with Crippen LogP contribution in [0.5, 0.6) is 0 Å². The van der Waals surface area contributed by atoms with Crippen LogP contribution < -0.4 is 5.73 Å². The molecule has 140 valence electrons. The van der Waals surface area contributed by atoms with Crippen LogP contribution in [0.4, 0.5) is 0 Å². The topological polar surface area (TPSA) is 78.4 Å². The Morgan fingerprint density at radius 1 is 1.38 bits per heavy atom. The van der Waals surface area contributed by atoms with Gasteiger partial charge in [0.2, 0.25) is 0 Å². The first-order chi connectivity index (χ1) is 12.6. The molecule has 0 radical (unpaired) electrons. The zero-order valence-electron chi connectivity index (χ0n) is 15.5. The van der Waals surface area contributed by atoms with Crippen molar-refractivity contribution in [3.05, 3.63) is 34.9 Å². The van der Waals surface area contributed by atoms with Gasteiger partial charge in [-0.3, -0.25) is 0 Å². The number of amidine groups is 1. The van der Waals surface area contributed by atoms with Gasteiger partial charge in [-0.1, -0.05) is 17.3 Å². The highest BCUT2D eigenvalue weighted by Gasteiger charge is 2.61. The van der Waals surface area contributed by atoms with Crippen molar-refractivity contribution in [2.45, 2.75) is 50.7 Å². The molecule has 0 bridgehead atoms. The lowest BCUT2D eigenvalue weighted by molar-refractivity contribution is -0.00984. The number of nitrogens with two attached hydrogens (primary N) is 1. The maximum Gasteiger partial charge on any atom is 0.283 e. The molecule has 6 nitrogen and oxygen atoms in total. The van der Waals surface area contributed by atoms with Gasteiger partial charge in [-0.25, -0.2) is 4.99 Å². The summed E-state index contributed by atoms with van der Waals surface area (Å²) in [6.07, 6.45) is 7.37. The Hall–Kier alpha value is -2.08. The fourth-order valence-corrected chi connectivity index (χ4v) is 4.99. The molecule has 2 spiro atoms. The number of aliphatic imine (C=N–C) groups is 1. The van der Waals surface area contributed by atoms with Crippen molar-refractivity contribution in [1.82, 2.24) is 0 Å². The maximum absolute atomic E-state index is 5.98. The van der Waals surface area contributed by atoms with Gasteiger partial charge >= 0.3 is 0 Å². The molecule has 0 aromatic heterocycles. The molecule has 3 aliphatic rings. The van der Waals surface area contributed by atoms with Crippen LogP contribution in [0.15, 0.2) is 28.3 Å². The Balaban J connectivity index is 1.73. The van der Waals surface area contributed by atoms with Crippen molar-refractivity contribution in [3.8, 4) is 0 Å². The third-order valence-corrected chi connectivity index (χ3v) is 6.34. The number of methoxy groups -OCH3 is 1. The normalized spacial score (nSPS) is 32.8. The predicted molar refractivity (Wildman–Crippen MR) is 100 cm³/mol. The maximum atomic E-state index is 5.98.